The van der Waals surface area contributed by atoms with Crippen LogP contribution < -0.4 is 10.6 Å². The Labute approximate surface area is 124 Å². The van der Waals surface area contributed by atoms with Gasteiger partial charge in [0, 0.05) is 5.69 Å². The average Bonchev–Trinajstić information content (AvgIpc) is 2.94. The van der Waals surface area contributed by atoms with E-state index in [1.54, 1.807) is 0 Å². The molecule has 0 bridgehead atoms. The first kappa shape index (κ1) is 13.7. The minimum Gasteiger partial charge on any atom is -0.480 e. The number of aryl methyl sites for hydroxylation is 1. The molecule has 112 valence electrons. The average molecular weight is 300 g/mol. The van der Waals surface area contributed by atoms with Gasteiger partial charge in [-0.2, -0.15) is 0 Å². The number of hydrogen-bond donors (Lipinski definition) is 3. The Kier molecular flexibility index (Phi) is 3.52. The Morgan fingerprint density at radius 3 is 2.41 bits per heavy atom. The van der Waals surface area contributed by atoms with Gasteiger partial charge < -0.3 is 15.7 Å². The Bertz CT molecular complexity index is 814. The van der Waals surface area contributed by atoms with Crippen molar-refractivity contribution in [3.8, 4) is 0 Å². The van der Waals surface area contributed by atoms with E-state index in [1.807, 2.05) is 31.2 Å². The highest BCUT2D eigenvalue weighted by molar-refractivity contribution is 5.79. The van der Waals surface area contributed by atoms with Crippen molar-refractivity contribution in [2.75, 3.05) is 17.2 Å². The predicted molar refractivity (Wildman–Crippen MR) is 78.0 cm³/mol. The van der Waals surface area contributed by atoms with Crippen LogP contribution in [0.4, 0.5) is 17.3 Å². The Balaban J connectivity index is 1.95. The first-order valence-electron chi connectivity index (χ1n) is 6.41. The van der Waals surface area contributed by atoms with E-state index in [9.17, 15) is 4.79 Å². The van der Waals surface area contributed by atoms with Gasteiger partial charge in [0.25, 0.3) is 0 Å². The van der Waals surface area contributed by atoms with E-state index in [4.69, 9.17) is 5.11 Å². The van der Waals surface area contributed by atoms with Gasteiger partial charge in [0.05, 0.1) is 0 Å². The first-order chi connectivity index (χ1) is 10.6. The molecular weight excluding hydrogens is 288 g/mol. The molecule has 2 aromatic heterocycles. The zero-order chi connectivity index (χ0) is 15.5. The summed E-state index contributed by atoms with van der Waals surface area (Å²) >= 11 is 0. The molecule has 9 heteroatoms. The molecule has 3 aromatic rings. The largest absolute Gasteiger partial charge is 0.480 e. The fourth-order valence-electron chi connectivity index (χ4n) is 1.78. The van der Waals surface area contributed by atoms with Crippen molar-refractivity contribution in [3.63, 3.8) is 0 Å². The highest BCUT2D eigenvalue weighted by Crippen LogP contribution is 2.23. The van der Waals surface area contributed by atoms with Crippen LogP contribution in [0.3, 0.4) is 0 Å². The topological polar surface area (TPSA) is 126 Å². The molecule has 0 radical (unpaired) electrons. The van der Waals surface area contributed by atoms with Crippen molar-refractivity contribution in [3.05, 3.63) is 29.8 Å². The number of carboxylic acid groups (broad SMARTS) is 1. The van der Waals surface area contributed by atoms with Gasteiger partial charge in [0.1, 0.15) is 6.54 Å². The number of rotatable bonds is 5. The first-order valence-corrected chi connectivity index (χ1v) is 6.41. The molecule has 0 unspecified atom stereocenters. The molecule has 22 heavy (non-hydrogen) atoms. The van der Waals surface area contributed by atoms with Crippen LogP contribution in [0.1, 0.15) is 5.56 Å². The lowest BCUT2D eigenvalue weighted by atomic mass is 10.2. The SMILES string of the molecule is Cc1ccc(Nc2nc3nonc3nc2NCC(=O)O)cc1. The third-order valence-corrected chi connectivity index (χ3v) is 2.84. The molecule has 0 spiro atoms. The maximum absolute atomic E-state index is 10.7. The molecule has 1 aromatic carbocycles. The molecule has 0 fully saturated rings. The quantitative estimate of drug-likeness (QED) is 0.643. The van der Waals surface area contributed by atoms with Crippen molar-refractivity contribution >= 4 is 34.6 Å². The summed E-state index contributed by atoms with van der Waals surface area (Å²) in [6, 6.07) is 7.64. The molecular formula is C13H12N6O3. The van der Waals surface area contributed by atoms with E-state index in [0.29, 0.717) is 5.82 Å². The Morgan fingerprint density at radius 1 is 1.14 bits per heavy atom. The Hall–Kier alpha value is -3.23. The summed E-state index contributed by atoms with van der Waals surface area (Å²) in [6.45, 7) is 1.69. The molecule has 0 saturated carbocycles. The second-order valence-corrected chi connectivity index (χ2v) is 4.57. The van der Waals surface area contributed by atoms with Crippen LogP contribution in [0, 0.1) is 6.92 Å². The van der Waals surface area contributed by atoms with Crippen molar-refractivity contribution in [2.24, 2.45) is 0 Å². The van der Waals surface area contributed by atoms with Crippen LogP contribution >= 0.6 is 0 Å². The lowest BCUT2D eigenvalue weighted by Crippen LogP contribution is -2.15. The third-order valence-electron chi connectivity index (χ3n) is 2.84. The van der Waals surface area contributed by atoms with Crippen LogP contribution in [0.5, 0.6) is 0 Å². The smallest absolute Gasteiger partial charge is 0.322 e. The van der Waals surface area contributed by atoms with E-state index in [2.05, 4.69) is 35.5 Å². The minimum absolute atomic E-state index is 0.197. The number of nitrogens with one attached hydrogen (secondary N) is 2. The number of benzene rings is 1. The van der Waals surface area contributed by atoms with E-state index >= 15 is 0 Å². The van der Waals surface area contributed by atoms with Gasteiger partial charge in [-0.05, 0) is 29.4 Å². The van der Waals surface area contributed by atoms with Crippen molar-refractivity contribution in [1.29, 1.82) is 0 Å². The molecule has 0 amide bonds. The number of aliphatic carboxylic acids is 1. The molecule has 0 saturated heterocycles. The van der Waals surface area contributed by atoms with Gasteiger partial charge in [-0.3, -0.25) is 4.79 Å². The lowest BCUT2D eigenvalue weighted by molar-refractivity contribution is -0.134. The molecule has 3 rings (SSSR count). The van der Waals surface area contributed by atoms with Gasteiger partial charge >= 0.3 is 5.97 Å². The molecule has 9 nitrogen and oxygen atoms in total. The fourth-order valence-corrected chi connectivity index (χ4v) is 1.78. The standard InChI is InChI=1S/C13H12N6O3/c1-7-2-4-8(5-3-7)15-11-10(14-6-9(20)21)16-12-13(17-11)19-22-18-12/h2-5H,6H2,1H3,(H,20,21)(H,14,16,18)(H,15,17,19). The number of anilines is 3. The van der Waals surface area contributed by atoms with Crippen LogP contribution in [-0.2, 0) is 4.79 Å². The van der Waals surface area contributed by atoms with Gasteiger partial charge in [-0.15, -0.1) is 0 Å². The maximum Gasteiger partial charge on any atom is 0.322 e. The van der Waals surface area contributed by atoms with Gasteiger partial charge in [-0.1, -0.05) is 17.7 Å². The zero-order valence-electron chi connectivity index (χ0n) is 11.6. The zero-order valence-corrected chi connectivity index (χ0v) is 11.6. The molecule has 0 aliphatic heterocycles. The van der Waals surface area contributed by atoms with Gasteiger partial charge in [-0.25, -0.2) is 14.6 Å². The van der Waals surface area contributed by atoms with Crippen LogP contribution in [0.25, 0.3) is 11.3 Å². The minimum atomic E-state index is -1.01. The van der Waals surface area contributed by atoms with Crippen molar-refractivity contribution in [2.45, 2.75) is 6.92 Å². The molecule has 3 N–H and O–H groups in total. The summed E-state index contributed by atoms with van der Waals surface area (Å²) in [5.41, 5.74) is 2.34. The maximum atomic E-state index is 10.7. The second kappa shape index (κ2) is 5.64. The summed E-state index contributed by atoms with van der Waals surface area (Å²) in [4.78, 5) is 19.1. The highest BCUT2D eigenvalue weighted by Gasteiger charge is 2.13. The number of nitrogens with zero attached hydrogens (tertiary/aromatic N) is 4. The highest BCUT2D eigenvalue weighted by atomic mass is 16.6. The normalized spacial score (nSPS) is 10.6. The van der Waals surface area contributed by atoms with Crippen LogP contribution in [-0.4, -0.2) is 37.9 Å². The van der Waals surface area contributed by atoms with Crippen LogP contribution in [0.2, 0.25) is 0 Å². The number of carboxylic acids is 1. The summed E-state index contributed by atoms with van der Waals surface area (Å²) in [6.07, 6.45) is 0. The monoisotopic (exact) mass is 300 g/mol. The van der Waals surface area contributed by atoms with Gasteiger partial charge in [0.15, 0.2) is 11.6 Å². The lowest BCUT2D eigenvalue weighted by Gasteiger charge is -2.10. The fraction of sp³-hybridized carbons (Fsp3) is 0.154. The van der Waals surface area contributed by atoms with E-state index in [0.717, 1.165) is 11.3 Å². The third kappa shape index (κ3) is 2.92. The summed E-state index contributed by atoms with van der Waals surface area (Å²) < 4.78 is 4.57. The molecule has 0 aliphatic carbocycles. The summed E-state index contributed by atoms with van der Waals surface area (Å²) in [7, 11) is 0. The van der Waals surface area contributed by atoms with Crippen molar-refractivity contribution < 1.29 is 14.5 Å². The number of aromatic nitrogens is 4. The van der Waals surface area contributed by atoms with E-state index in [1.165, 1.54) is 0 Å². The Morgan fingerprint density at radius 2 is 1.77 bits per heavy atom. The summed E-state index contributed by atoms with van der Waals surface area (Å²) in [5, 5.41) is 21.7. The number of carbonyl (C=O) groups is 1. The molecule has 0 atom stereocenters. The summed E-state index contributed by atoms with van der Waals surface area (Å²) in [5.74, 6) is -0.416. The van der Waals surface area contributed by atoms with Crippen molar-refractivity contribution in [1.82, 2.24) is 20.3 Å². The number of fused-ring (bicyclic) bond motifs is 1. The predicted octanol–water partition coefficient (Wildman–Crippen LogP) is 1.56. The molecule has 0 aliphatic rings. The van der Waals surface area contributed by atoms with Gasteiger partial charge in [0.2, 0.25) is 11.3 Å². The number of hydrogen-bond acceptors (Lipinski definition) is 8. The second-order valence-electron chi connectivity index (χ2n) is 4.57. The van der Waals surface area contributed by atoms with Crippen LogP contribution in [0.15, 0.2) is 28.9 Å². The molecule has 2 heterocycles. The van der Waals surface area contributed by atoms with E-state index < -0.39 is 5.97 Å². The van der Waals surface area contributed by atoms with E-state index in [-0.39, 0.29) is 23.7 Å².